The first-order valence-electron chi connectivity index (χ1n) is 13.8. The van der Waals surface area contributed by atoms with E-state index in [1.807, 2.05) is 0 Å². The minimum Gasteiger partial charge on any atom is -0.337 e. The van der Waals surface area contributed by atoms with Crippen molar-refractivity contribution >= 4 is 39.4 Å². The molecule has 3 unspecified atom stereocenters. The molecule has 2 N–H and O–H groups in total. The van der Waals surface area contributed by atoms with Crippen LogP contribution in [0.15, 0.2) is 96.0 Å². The summed E-state index contributed by atoms with van der Waals surface area (Å²) in [5.41, 5.74) is 9.08. The molecule has 5 aromatic rings. The summed E-state index contributed by atoms with van der Waals surface area (Å²) in [6.07, 6.45) is 3.10. The Morgan fingerprint density at radius 3 is 2.24 bits per heavy atom. The number of hydrogen-bond donors (Lipinski definition) is 2. The zero-order valence-corrected chi connectivity index (χ0v) is 21.3. The molecule has 1 saturated heterocycles. The highest BCUT2D eigenvalue weighted by molar-refractivity contribution is 6.09. The van der Waals surface area contributed by atoms with Crippen molar-refractivity contribution in [3.8, 4) is 5.69 Å². The van der Waals surface area contributed by atoms with Crippen molar-refractivity contribution in [3.63, 3.8) is 0 Å². The van der Waals surface area contributed by atoms with E-state index in [-0.39, 0.29) is 0 Å². The van der Waals surface area contributed by atoms with Gasteiger partial charge in [-0.15, -0.1) is 0 Å². The van der Waals surface area contributed by atoms with Crippen LogP contribution in [0.2, 0.25) is 0 Å². The number of fused-ring (bicyclic) bond motifs is 6. The zero-order valence-electron chi connectivity index (χ0n) is 21.3. The summed E-state index contributed by atoms with van der Waals surface area (Å²) in [6, 6.07) is 34.6. The van der Waals surface area contributed by atoms with Gasteiger partial charge in [0.25, 0.3) is 0 Å². The number of hydrogen-bond acceptors (Lipinski definition) is 4. The molecule has 1 fully saturated rings. The quantitative estimate of drug-likeness (QED) is 0.317. The Morgan fingerprint density at radius 2 is 1.50 bits per heavy atom. The van der Waals surface area contributed by atoms with Gasteiger partial charge in [0.2, 0.25) is 0 Å². The van der Waals surface area contributed by atoms with Crippen molar-refractivity contribution in [2.24, 2.45) is 4.99 Å². The van der Waals surface area contributed by atoms with Crippen LogP contribution in [0.4, 0.5) is 11.4 Å². The molecule has 4 aromatic carbocycles. The Morgan fingerprint density at radius 1 is 0.763 bits per heavy atom. The highest BCUT2D eigenvalue weighted by Crippen LogP contribution is 2.48. The predicted octanol–water partition coefficient (Wildman–Crippen LogP) is 6.10. The molecule has 0 spiro atoms. The average molecular weight is 498 g/mol. The lowest BCUT2D eigenvalue weighted by molar-refractivity contribution is 0.430. The van der Waals surface area contributed by atoms with Crippen LogP contribution in [0.25, 0.3) is 27.5 Å². The lowest BCUT2D eigenvalue weighted by atomic mass is 9.91. The zero-order chi connectivity index (χ0) is 25.1. The molecule has 0 aliphatic carbocycles. The van der Waals surface area contributed by atoms with Gasteiger partial charge in [0.1, 0.15) is 0 Å². The van der Waals surface area contributed by atoms with Gasteiger partial charge in [-0.05, 0) is 53.6 Å². The molecule has 5 nitrogen and oxygen atoms in total. The third-order valence-electron chi connectivity index (χ3n) is 8.70. The van der Waals surface area contributed by atoms with Crippen LogP contribution < -0.4 is 15.5 Å². The van der Waals surface area contributed by atoms with Crippen LogP contribution in [0.5, 0.6) is 0 Å². The summed E-state index contributed by atoms with van der Waals surface area (Å²) in [4.78, 5) is 7.31. The summed E-state index contributed by atoms with van der Waals surface area (Å²) >= 11 is 0. The second kappa shape index (κ2) is 8.83. The van der Waals surface area contributed by atoms with Gasteiger partial charge in [-0.25, -0.2) is 0 Å². The van der Waals surface area contributed by atoms with Crippen molar-refractivity contribution < 1.29 is 0 Å². The standard InChI is InChI=1S/C33H31N5/c1-3-7-30-25(5-1)26-6-2-4-8-31(26)38(30)24-13-14-32-27(19-24)28-20-34-16-15-33(28)37(32)23-11-9-22(10-12-23)29-21-35-17-18-36-29/h1-14,16,19,28-29,33,35-36H,15,17-18,20-21H2. The number of aromatic nitrogens is 1. The van der Waals surface area contributed by atoms with Crippen LogP contribution in [0.3, 0.4) is 0 Å². The lowest BCUT2D eigenvalue weighted by Crippen LogP contribution is -2.42. The van der Waals surface area contributed by atoms with Crippen LogP contribution in [-0.2, 0) is 0 Å². The maximum atomic E-state index is 4.74. The van der Waals surface area contributed by atoms with Gasteiger partial charge in [-0.3, -0.25) is 4.99 Å². The topological polar surface area (TPSA) is 44.6 Å². The van der Waals surface area contributed by atoms with E-state index in [0.717, 1.165) is 32.6 Å². The van der Waals surface area contributed by atoms with Crippen molar-refractivity contribution in [2.75, 3.05) is 31.1 Å². The molecule has 3 atom stereocenters. The highest BCUT2D eigenvalue weighted by atomic mass is 15.2. The molecule has 0 saturated carbocycles. The summed E-state index contributed by atoms with van der Waals surface area (Å²) in [5.74, 6) is 0.395. The number of benzene rings is 4. The van der Waals surface area contributed by atoms with Crippen LogP contribution in [-0.4, -0.2) is 43.0 Å². The van der Waals surface area contributed by atoms with E-state index >= 15 is 0 Å². The fraction of sp³-hybridized carbons (Fsp3) is 0.242. The fourth-order valence-electron chi connectivity index (χ4n) is 6.91. The Balaban J connectivity index is 1.23. The third kappa shape index (κ3) is 3.35. The lowest BCUT2D eigenvalue weighted by Gasteiger charge is -2.31. The molecule has 188 valence electrons. The molecule has 0 radical (unpaired) electrons. The average Bonchev–Trinajstić information content (AvgIpc) is 3.50. The van der Waals surface area contributed by atoms with Crippen LogP contribution in [0, 0.1) is 0 Å². The van der Waals surface area contributed by atoms with Gasteiger partial charge in [0.05, 0.1) is 11.0 Å². The predicted molar refractivity (Wildman–Crippen MR) is 157 cm³/mol. The van der Waals surface area contributed by atoms with Gasteiger partial charge in [-0.1, -0.05) is 48.5 Å². The van der Waals surface area contributed by atoms with E-state index in [1.165, 1.54) is 50.0 Å². The van der Waals surface area contributed by atoms with Crippen molar-refractivity contribution in [1.29, 1.82) is 0 Å². The molecule has 5 heteroatoms. The maximum Gasteiger partial charge on any atom is 0.0541 e. The molecule has 3 aliphatic rings. The first-order valence-corrected chi connectivity index (χ1v) is 13.8. The first kappa shape index (κ1) is 22.1. The number of piperazine rings is 1. The number of anilines is 2. The van der Waals surface area contributed by atoms with Crippen LogP contribution >= 0.6 is 0 Å². The normalized spacial score (nSPS) is 22.6. The molecule has 0 amide bonds. The van der Waals surface area contributed by atoms with E-state index in [0.29, 0.717) is 18.0 Å². The molecular formula is C33H31N5. The molecule has 3 aliphatic heterocycles. The van der Waals surface area contributed by atoms with E-state index < -0.39 is 0 Å². The van der Waals surface area contributed by atoms with Gasteiger partial charge in [-0.2, -0.15) is 0 Å². The largest absolute Gasteiger partial charge is 0.337 e. The molecule has 4 heterocycles. The Hall–Kier alpha value is -3.93. The SMILES string of the molecule is C1=NCC2c3cc(-n4c5ccccc5c5ccccc54)ccc3N(c3ccc(C4CNCCN4)cc3)C2C1. The minimum atomic E-state index is 0.381. The molecule has 1 aromatic heterocycles. The molecule has 38 heavy (non-hydrogen) atoms. The first-order chi connectivity index (χ1) is 18.9. The Kier molecular flexibility index (Phi) is 5.13. The Labute approximate surface area is 222 Å². The number of nitrogens with zero attached hydrogens (tertiary/aromatic N) is 3. The number of nitrogens with one attached hydrogen (secondary N) is 2. The second-order valence-corrected chi connectivity index (χ2v) is 10.7. The van der Waals surface area contributed by atoms with Crippen molar-refractivity contribution in [2.45, 2.75) is 24.4 Å². The van der Waals surface area contributed by atoms with Crippen LogP contribution in [0.1, 0.15) is 29.5 Å². The summed E-state index contributed by atoms with van der Waals surface area (Å²) < 4.78 is 2.43. The van der Waals surface area contributed by atoms with E-state index in [4.69, 9.17) is 4.99 Å². The van der Waals surface area contributed by atoms with Gasteiger partial charge < -0.3 is 20.1 Å². The van der Waals surface area contributed by atoms with Gasteiger partial charge in [0, 0.05) is 84.7 Å². The number of aliphatic imine (C=N–C) groups is 1. The molecular weight excluding hydrogens is 466 g/mol. The molecule has 0 bridgehead atoms. The maximum absolute atomic E-state index is 4.74. The minimum absolute atomic E-state index is 0.381. The van der Waals surface area contributed by atoms with Crippen molar-refractivity contribution in [3.05, 3.63) is 102 Å². The van der Waals surface area contributed by atoms with Gasteiger partial charge >= 0.3 is 0 Å². The van der Waals surface area contributed by atoms with E-state index in [1.54, 1.807) is 0 Å². The number of para-hydroxylation sites is 2. The van der Waals surface area contributed by atoms with E-state index in [9.17, 15) is 0 Å². The van der Waals surface area contributed by atoms with Crippen molar-refractivity contribution in [1.82, 2.24) is 15.2 Å². The van der Waals surface area contributed by atoms with E-state index in [2.05, 4.69) is 117 Å². The summed E-state index contributed by atoms with van der Waals surface area (Å²) in [5, 5.41) is 9.74. The van der Waals surface area contributed by atoms with Gasteiger partial charge in [0.15, 0.2) is 0 Å². The number of rotatable bonds is 3. The second-order valence-electron chi connectivity index (χ2n) is 10.7. The monoisotopic (exact) mass is 497 g/mol. The summed E-state index contributed by atoms with van der Waals surface area (Å²) in [6.45, 7) is 3.89. The fourth-order valence-corrected chi connectivity index (χ4v) is 6.91. The third-order valence-corrected chi connectivity index (χ3v) is 8.70. The smallest absolute Gasteiger partial charge is 0.0541 e. The summed E-state index contributed by atoms with van der Waals surface area (Å²) in [7, 11) is 0. The molecule has 8 rings (SSSR count). The highest BCUT2D eigenvalue weighted by Gasteiger charge is 2.40. The Bertz CT molecular complexity index is 1620.